The van der Waals surface area contributed by atoms with Gasteiger partial charge < -0.3 is 5.32 Å². The number of aromatic nitrogens is 2. The molecule has 1 aromatic heterocycles. The van der Waals surface area contributed by atoms with Crippen molar-refractivity contribution < 1.29 is 4.79 Å². The van der Waals surface area contributed by atoms with Crippen LogP contribution >= 0.6 is 0 Å². The molecule has 5 heteroatoms. The number of carbonyl (C=O) groups excluding carboxylic acids is 1. The molecule has 0 fully saturated rings. The molecule has 0 spiro atoms. The van der Waals surface area contributed by atoms with E-state index in [1.807, 2.05) is 73.5 Å². The van der Waals surface area contributed by atoms with Gasteiger partial charge in [-0.1, -0.05) is 48.5 Å². The molecule has 134 valence electrons. The number of nitrogens with one attached hydrogen (secondary N) is 1. The first-order valence-electron chi connectivity index (χ1n) is 8.71. The number of aryl methyl sites for hydroxylation is 1. The zero-order chi connectivity index (χ0) is 18.5. The van der Waals surface area contributed by atoms with Gasteiger partial charge in [-0.3, -0.25) is 9.69 Å². The van der Waals surface area contributed by atoms with Crippen molar-refractivity contribution >= 4 is 11.7 Å². The van der Waals surface area contributed by atoms with Gasteiger partial charge in [-0.15, -0.1) is 0 Å². The van der Waals surface area contributed by atoms with Gasteiger partial charge in [0.2, 0.25) is 5.91 Å². The predicted octanol–water partition coefficient (Wildman–Crippen LogP) is 3.81. The summed E-state index contributed by atoms with van der Waals surface area (Å²) in [5.74, 6) is 0.617. The highest BCUT2D eigenvalue weighted by molar-refractivity contribution is 5.91. The van der Waals surface area contributed by atoms with E-state index < -0.39 is 0 Å². The second-order valence-electron chi connectivity index (χ2n) is 6.47. The van der Waals surface area contributed by atoms with Crippen LogP contribution in [-0.4, -0.2) is 34.2 Å². The number of anilines is 1. The largest absolute Gasteiger partial charge is 0.309 e. The maximum atomic E-state index is 12.6. The van der Waals surface area contributed by atoms with Crippen LogP contribution in [0.5, 0.6) is 0 Å². The molecule has 1 heterocycles. The smallest absolute Gasteiger partial charge is 0.239 e. The number of hydrogen-bond acceptors (Lipinski definition) is 3. The first-order valence-corrected chi connectivity index (χ1v) is 8.71. The standard InChI is InChI=1S/C21H24N4O/c1-16-14-20(25(23-16)19-12-8-5-9-13-19)22-21(26)15-24(3)17(2)18-10-6-4-7-11-18/h4-14,17H,15H2,1-3H3,(H,22,26)/t17-/m0/s1. The van der Waals surface area contributed by atoms with Crippen LogP contribution < -0.4 is 5.32 Å². The number of para-hydroxylation sites is 1. The van der Waals surface area contributed by atoms with E-state index in [1.54, 1.807) is 4.68 Å². The zero-order valence-corrected chi connectivity index (χ0v) is 15.4. The minimum Gasteiger partial charge on any atom is -0.309 e. The lowest BCUT2D eigenvalue weighted by atomic mass is 10.1. The summed E-state index contributed by atoms with van der Waals surface area (Å²) in [5.41, 5.74) is 2.96. The highest BCUT2D eigenvalue weighted by Gasteiger charge is 2.16. The Morgan fingerprint density at radius 2 is 1.73 bits per heavy atom. The molecule has 1 atom stereocenters. The predicted molar refractivity (Wildman–Crippen MR) is 104 cm³/mol. The average molecular weight is 348 g/mol. The van der Waals surface area contributed by atoms with Crippen LogP contribution in [0, 0.1) is 6.92 Å². The normalized spacial score (nSPS) is 12.2. The third-order valence-electron chi connectivity index (χ3n) is 4.44. The van der Waals surface area contributed by atoms with E-state index in [2.05, 4.69) is 29.5 Å². The van der Waals surface area contributed by atoms with Crippen molar-refractivity contribution in [1.82, 2.24) is 14.7 Å². The lowest BCUT2D eigenvalue weighted by Crippen LogP contribution is -2.32. The molecule has 0 aliphatic heterocycles. The van der Waals surface area contributed by atoms with Crippen molar-refractivity contribution in [3.8, 4) is 5.69 Å². The van der Waals surface area contributed by atoms with Crippen molar-refractivity contribution in [3.05, 3.63) is 78.0 Å². The number of nitrogens with zero attached hydrogens (tertiary/aromatic N) is 3. The molecule has 1 N–H and O–H groups in total. The quantitative estimate of drug-likeness (QED) is 0.737. The number of likely N-dealkylation sites (N-methyl/N-ethyl adjacent to an activating group) is 1. The van der Waals surface area contributed by atoms with Gasteiger partial charge in [0.1, 0.15) is 5.82 Å². The summed E-state index contributed by atoms with van der Waals surface area (Å²) in [6.45, 7) is 4.31. The molecule has 0 aliphatic carbocycles. The molecule has 0 saturated heterocycles. The van der Waals surface area contributed by atoms with Crippen LogP contribution in [0.2, 0.25) is 0 Å². The van der Waals surface area contributed by atoms with E-state index in [4.69, 9.17) is 0 Å². The summed E-state index contributed by atoms with van der Waals surface area (Å²) in [7, 11) is 1.96. The van der Waals surface area contributed by atoms with E-state index in [1.165, 1.54) is 5.56 Å². The van der Waals surface area contributed by atoms with Gasteiger partial charge in [0, 0.05) is 12.1 Å². The van der Waals surface area contributed by atoms with Gasteiger partial charge in [0.25, 0.3) is 0 Å². The SMILES string of the molecule is Cc1cc(NC(=O)CN(C)[C@@H](C)c2ccccc2)n(-c2ccccc2)n1. The van der Waals surface area contributed by atoms with Crippen LogP contribution in [0.15, 0.2) is 66.7 Å². The fraction of sp³-hybridized carbons (Fsp3) is 0.238. The van der Waals surface area contributed by atoms with Crippen LogP contribution in [0.3, 0.4) is 0 Å². The molecule has 0 radical (unpaired) electrons. The molecule has 5 nitrogen and oxygen atoms in total. The maximum Gasteiger partial charge on any atom is 0.239 e. The van der Waals surface area contributed by atoms with Gasteiger partial charge in [0.15, 0.2) is 0 Å². The Morgan fingerprint density at radius 1 is 1.12 bits per heavy atom. The van der Waals surface area contributed by atoms with Crippen molar-refractivity contribution in [2.75, 3.05) is 18.9 Å². The molecule has 0 aliphatic rings. The van der Waals surface area contributed by atoms with Crippen LogP contribution in [-0.2, 0) is 4.79 Å². The summed E-state index contributed by atoms with van der Waals surface area (Å²) >= 11 is 0. The molecule has 3 rings (SSSR count). The fourth-order valence-electron chi connectivity index (χ4n) is 2.89. The number of amides is 1. The molecule has 2 aromatic carbocycles. The monoisotopic (exact) mass is 348 g/mol. The van der Waals surface area contributed by atoms with E-state index in [0.717, 1.165) is 11.4 Å². The van der Waals surface area contributed by atoms with Gasteiger partial charge in [-0.2, -0.15) is 5.10 Å². The Hall–Kier alpha value is -2.92. The molecule has 0 bridgehead atoms. The molecular weight excluding hydrogens is 324 g/mol. The number of carbonyl (C=O) groups is 1. The minimum absolute atomic E-state index is 0.0626. The number of benzene rings is 2. The Bertz CT molecular complexity index is 858. The first kappa shape index (κ1) is 17.9. The van der Waals surface area contributed by atoms with Gasteiger partial charge in [0.05, 0.1) is 17.9 Å². The summed E-state index contributed by atoms with van der Waals surface area (Å²) in [4.78, 5) is 14.6. The van der Waals surface area contributed by atoms with Crippen LogP contribution in [0.4, 0.5) is 5.82 Å². The van der Waals surface area contributed by atoms with Crippen molar-refractivity contribution in [1.29, 1.82) is 0 Å². The van der Waals surface area contributed by atoms with Gasteiger partial charge in [-0.25, -0.2) is 4.68 Å². The van der Waals surface area contributed by atoms with Crippen molar-refractivity contribution in [2.45, 2.75) is 19.9 Å². The summed E-state index contributed by atoms with van der Waals surface area (Å²) in [6.07, 6.45) is 0. The summed E-state index contributed by atoms with van der Waals surface area (Å²) in [6, 6.07) is 22.0. The average Bonchev–Trinajstić information content (AvgIpc) is 3.02. The molecule has 0 saturated carbocycles. The third-order valence-corrected chi connectivity index (χ3v) is 4.44. The second kappa shape index (κ2) is 7.97. The fourth-order valence-corrected chi connectivity index (χ4v) is 2.89. The van der Waals surface area contributed by atoms with E-state index in [0.29, 0.717) is 12.4 Å². The molecule has 0 unspecified atom stereocenters. The maximum absolute atomic E-state index is 12.6. The molecule has 3 aromatic rings. The van der Waals surface area contributed by atoms with E-state index >= 15 is 0 Å². The molecule has 26 heavy (non-hydrogen) atoms. The minimum atomic E-state index is -0.0626. The second-order valence-corrected chi connectivity index (χ2v) is 6.47. The van der Waals surface area contributed by atoms with E-state index in [-0.39, 0.29) is 11.9 Å². The van der Waals surface area contributed by atoms with Gasteiger partial charge in [-0.05, 0) is 38.6 Å². The van der Waals surface area contributed by atoms with Crippen molar-refractivity contribution in [3.63, 3.8) is 0 Å². The zero-order valence-electron chi connectivity index (χ0n) is 15.4. The van der Waals surface area contributed by atoms with Crippen LogP contribution in [0.25, 0.3) is 5.69 Å². The molecular formula is C21H24N4O. The van der Waals surface area contributed by atoms with Crippen molar-refractivity contribution in [2.24, 2.45) is 0 Å². The Balaban J connectivity index is 1.69. The number of rotatable bonds is 6. The lowest BCUT2D eigenvalue weighted by Gasteiger charge is -2.24. The Labute approximate surface area is 154 Å². The Morgan fingerprint density at radius 3 is 2.38 bits per heavy atom. The first-order chi connectivity index (χ1) is 12.5. The topological polar surface area (TPSA) is 50.2 Å². The highest BCUT2D eigenvalue weighted by atomic mass is 16.2. The summed E-state index contributed by atoms with van der Waals surface area (Å²) < 4.78 is 1.76. The van der Waals surface area contributed by atoms with Gasteiger partial charge >= 0.3 is 0 Å². The van der Waals surface area contributed by atoms with E-state index in [9.17, 15) is 4.79 Å². The third kappa shape index (κ3) is 4.18. The lowest BCUT2D eigenvalue weighted by molar-refractivity contribution is -0.117. The highest BCUT2D eigenvalue weighted by Crippen LogP contribution is 2.19. The summed E-state index contributed by atoms with van der Waals surface area (Å²) in [5, 5.41) is 7.47. The molecule has 1 amide bonds. The van der Waals surface area contributed by atoms with Crippen LogP contribution in [0.1, 0.15) is 24.2 Å². The number of hydrogen-bond donors (Lipinski definition) is 1. The Kier molecular flexibility index (Phi) is 5.49.